The van der Waals surface area contributed by atoms with Crippen molar-refractivity contribution in [1.29, 1.82) is 0 Å². The zero-order valence-corrected chi connectivity index (χ0v) is 37.1. The topological polar surface area (TPSA) is 112 Å². The summed E-state index contributed by atoms with van der Waals surface area (Å²) in [6.07, 6.45) is 12.3. The summed E-state index contributed by atoms with van der Waals surface area (Å²) in [6.45, 7) is 10.8. The van der Waals surface area contributed by atoms with E-state index in [-0.39, 0.29) is 29.8 Å². The maximum absolute atomic E-state index is 13.5. The summed E-state index contributed by atoms with van der Waals surface area (Å²) in [6, 6.07) is 25.5. The molecule has 7 rings (SSSR count). The highest BCUT2D eigenvalue weighted by Gasteiger charge is 2.42. The van der Waals surface area contributed by atoms with E-state index in [2.05, 4.69) is 93.3 Å². The summed E-state index contributed by atoms with van der Waals surface area (Å²) < 4.78 is 12.4. The monoisotopic (exact) mass is 849 g/mol. The number of rotatable bonds is 24. The molecule has 0 aliphatic carbocycles. The molecule has 4 aliphatic heterocycles. The smallest absolute Gasteiger partial charge is 0.315 e. The third-order valence-corrected chi connectivity index (χ3v) is 14.2. The molecule has 3 atom stereocenters. The van der Waals surface area contributed by atoms with E-state index in [4.69, 9.17) is 9.47 Å². The zero-order chi connectivity index (χ0) is 42.2. The standard InChI is InChI=1S/C50H67N5O5S/c1-2-43(39-13-12-14-40(35-39)45(56)15-4-3-7-26-51-47(57)17-6-5-16-46-49-44(36-61-46)52-50(58)53-49)48(37-18-22-41(23-19-37)59-33-31-54-27-8-9-28-54)38-20-24-42(25-21-38)60-34-32-55-29-10-11-30-55/h12-14,18-25,35,44,46,49H,2-11,15-17,26-34,36H2,1H3,(H,51,57)(H2,52,53,58)/t44-,46-,49-/m0/s1. The fourth-order valence-corrected chi connectivity index (χ4v) is 10.8. The van der Waals surface area contributed by atoms with Crippen molar-refractivity contribution in [3.05, 3.63) is 95.1 Å². The highest BCUT2D eigenvalue weighted by atomic mass is 32.2. The number of allylic oxidation sites excluding steroid dienone is 1. The van der Waals surface area contributed by atoms with Gasteiger partial charge in [-0.2, -0.15) is 11.8 Å². The number of benzene rings is 3. The Hall–Kier alpha value is -4.32. The third-order valence-electron chi connectivity index (χ3n) is 12.7. The first-order chi connectivity index (χ1) is 29.9. The van der Waals surface area contributed by atoms with Gasteiger partial charge >= 0.3 is 6.03 Å². The van der Waals surface area contributed by atoms with E-state index in [1.54, 1.807) is 0 Å². The molecule has 3 aromatic rings. The van der Waals surface area contributed by atoms with Crippen LogP contribution < -0.4 is 25.4 Å². The van der Waals surface area contributed by atoms with Crippen molar-refractivity contribution >= 4 is 40.6 Å². The van der Waals surface area contributed by atoms with Gasteiger partial charge in [0.05, 0.1) is 12.1 Å². The number of fused-ring (bicyclic) bond motifs is 1. The molecular weight excluding hydrogens is 783 g/mol. The number of Topliss-reactive ketones (excluding diaryl/α,β-unsaturated/α-hetero) is 1. The van der Waals surface area contributed by atoms with Gasteiger partial charge in [0, 0.05) is 49.0 Å². The van der Waals surface area contributed by atoms with Crippen molar-refractivity contribution in [2.45, 2.75) is 108 Å². The molecule has 0 radical (unpaired) electrons. The maximum Gasteiger partial charge on any atom is 0.315 e. The molecule has 4 aliphatic rings. The fourth-order valence-electron chi connectivity index (χ4n) is 9.28. The summed E-state index contributed by atoms with van der Waals surface area (Å²) in [5.41, 5.74) is 6.32. The van der Waals surface area contributed by atoms with E-state index in [0.717, 1.165) is 129 Å². The Morgan fingerprint density at radius 3 is 1.95 bits per heavy atom. The van der Waals surface area contributed by atoms with Gasteiger partial charge in [0.25, 0.3) is 0 Å². The highest BCUT2D eigenvalue weighted by Crippen LogP contribution is 2.37. The Labute approximate surface area is 368 Å². The normalized spacial score (nSPS) is 20.0. The van der Waals surface area contributed by atoms with Crippen LogP contribution in [0.3, 0.4) is 0 Å². The van der Waals surface area contributed by atoms with Crippen molar-refractivity contribution in [1.82, 2.24) is 25.8 Å². The lowest BCUT2D eigenvalue weighted by Crippen LogP contribution is -2.36. The number of carbonyl (C=O) groups is 3. The molecule has 0 bridgehead atoms. The van der Waals surface area contributed by atoms with Gasteiger partial charge in [-0.1, -0.05) is 62.2 Å². The molecule has 0 spiro atoms. The number of ketones is 1. The van der Waals surface area contributed by atoms with Gasteiger partial charge in [0.15, 0.2) is 5.78 Å². The molecule has 0 unspecified atom stereocenters. The molecule has 3 amide bonds. The van der Waals surface area contributed by atoms with Gasteiger partial charge in [-0.3, -0.25) is 19.4 Å². The fraction of sp³-hybridized carbons (Fsp3) is 0.540. The van der Waals surface area contributed by atoms with Crippen LogP contribution in [-0.4, -0.2) is 110 Å². The van der Waals surface area contributed by atoms with Crippen LogP contribution >= 0.6 is 11.8 Å². The minimum absolute atomic E-state index is 0.0552. The number of amides is 3. The second kappa shape index (κ2) is 23.2. The predicted octanol–water partition coefficient (Wildman–Crippen LogP) is 8.59. The number of carbonyl (C=O) groups excluding carboxylic acids is 3. The van der Waals surface area contributed by atoms with Crippen LogP contribution in [0, 0.1) is 0 Å². The molecule has 11 heteroatoms. The van der Waals surface area contributed by atoms with Crippen LogP contribution in [0.2, 0.25) is 0 Å². The molecule has 3 aromatic carbocycles. The Morgan fingerprint density at radius 1 is 0.721 bits per heavy atom. The average Bonchev–Trinajstić information content (AvgIpc) is 4.12. The minimum atomic E-state index is -0.0552. The molecule has 0 aromatic heterocycles. The first-order valence-electron chi connectivity index (χ1n) is 23.2. The lowest BCUT2D eigenvalue weighted by Gasteiger charge is -2.19. The first-order valence-corrected chi connectivity index (χ1v) is 24.2. The second-order valence-corrected chi connectivity index (χ2v) is 18.4. The zero-order valence-electron chi connectivity index (χ0n) is 36.3. The van der Waals surface area contributed by atoms with Crippen molar-refractivity contribution in [3.63, 3.8) is 0 Å². The van der Waals surface area contributed by atoms with Gasteiger partial charge < -0.3 is 25.4 Å². The SMILES string of the molecule is CCC(=C(c1ccc(OCCN2CCCC2)cc1)c1ccc(OCCN2CCCC2)cc1)c1cccc(C(=O)CCCCCNC(=O)CCCC[C@@H]2SC[C@@H]3NC(=O)N[C@@H]32)c1. The average molecular weight is 850 g/mol. The van der Waals surface area contributed by atoms with E-state index in [0.29, 0.717) is 37.9 Å². The summed E-state index contributed by atoms with van der Waals surface area (Å²) in [4.78, 5) is 42.6. The quantitative estimate of drug-likeness (QED) is 0.0356. The van der Waals surface area contributed by atoms with Crippen molar-refractivity contribution in [2.75, 3.05) is 64.8 Å². The van der Waals surface area contributed by atoms with Crippen LogP contribution in [-0.2, 0) is 4.79 Å². The van der Waals surface area contributed by atoms with E-state index < -0.39 is 0 Å². The van der Waals surface area contributed by atoms with Gasteiger partial charge in [0.2, 0.25) is 5.91 Å². The third kappa shape index (κ3) is 13.1. The van der Waals surface area contributed by atoms with E-state index in [9.17, 15) is 14.4 Å². The maximum atomic E-state index is 13.5. The van der Waals surface area contributed by atoms with E-state index in [1.165, 1.54) is 31.3 Å². The van der Waals surface area contributed by atoms with Gasteiger partial charge in [0.1, 0.15) is 24.7 Å². The molecule has 10 nitrogen and oxygen atoms in total. The summed E-state index contributed by atoms with van der Waals surface area (Å²) in [7, 11) is 0. The second-order valence-electron chi connectivity index (χ2n) is 17.1. The molecule has 328 valence electrons. The number of urea groups is 1. The van der Waals surface area contributed by atoms with Gasteiger partial charge in [-0.15, -0.1) is 0 Å². The summed E-state index contributed by atoms with van der Waals surface area (Å²) in [5.74, 6) is 2.95. The number of thioether (sulfide) groups is 1. The minimum Gasteiger partial charge on any atom is -0.492 e. The van der Waals surface area contributed by atoms with Crippen molar-refractivity contribution in [3.8, 4) is 11.5 Å². The molecule has 61 heavy (non-hydrogen) atoms. The number of likely N-dealkylation sites (tertiary alicyclic amines) is 2. The number of unbranched alkanes of at least 4 members (excludes halogenated alkanes) is 3. The van der Waals surface area contributed by atoms with Crippen LogP contribution in [0.5, 0.6) is 11.5 Å². The van der Waals surface area contributed by atoms with Crippen LogP contribution in [0.1, 0.15) is 117 Å². The predicted molar refractivity (Wildman–Crippen MR) is 248 cm³/mol. The molecule has 4 saturated heterocycles. The van der Waals surface area contributed by atoms with Crippen LogP contribution in [0.15, 0.2) is 72.8 Å². The van der Waals surface area contributed by atoms with Gasteiger partial charge in [-0.25, -0.2) is 4.79 Å². The Balaban J connectivity index is 0.920. The molecule has 3 N–H and O–H groups in total. The molecular formula is C50H67N5O5S. The number of hydrogen-bond acceptors (Lipinski definition) is 8. The Bertz CT molecular complexity index is 1840. The lowest BCUT2D eigenvalue weighted by atomic mass is 9.87. The number of hydrogen-bond donors (Lipinski definition) is 3. The van der Waals surface area contributed by atoms with Gasteiger partial charge in [-0.05, 0) is 142 Å². The summed E-state index contributed by atoms with van der Waals surface area (Å²) in [5, 5.41) is 9.52. The van der Waals surface area contributed by atoms with E-state index in [1.807, 2.05) is 23.9 Å². The Morgan fingerprint density at radius 2 is 1.33 bits per heavy atom. The molecule has 0 saturated carbocycles. The largest absolute Gasteiger partial charge is 0.492 e. The number of ether oxygens (including phenoxy) is 2. The Kier molecular flexibility index (Phi) is 17.0. The first kappa shape index (κ1) is 44.7. The highest BCUT2D eigenvalue weighted by molar-refractivity contribution is 8.00. The van der Waals surface area contributed by atoms with Crippen LogP contribution in [0.25, 0.3) is 11.1 Å². The van der Waals surface area contributed by atoms with Crippen LogP contribution in [0.4, 0.5) is 4.79 Å². The lowest BCUT2D eigenvalue weighted by molar-refractivity contribution is -0.121. The number of nitrogens with zero attached hydrogens (tertiary/aromatic N) is 2. The molecule has 4 fully saturated rings. The van der Waals surface area contributed by atoms with Crippen molar-refractivity contribution < 1.29 is 23.9 Å². The summed E-state index contributed by atoms with van der Waals surface area (Å²) >= 11 is 1.92. The van der Waals surface area contributed by atoms with E-state index >= 15 is 0 Å². The molecule has 4 heterocycles. The van der Waals surface area contributed by atoms with Crippen molar-refractivity contribution in [2.24, 2.45) is 0 Å². The number of nitrogens with one attached hydrogen (secondary N) is 3.